The second-order valence-corrected chi connectivity index (χ2v) is 6.95. The molecule has 0 saturated carbocycles. The number of halogens is 3. The summed E-state index contributed by atoms with van der Waals surface area (Å²) in [5, 5.41) is 3.41. The summed E-state index contributed by atoms with van der Waals surface area (Å²) < 4.78 is 37.2. The van der Waals surface area contributed by atoms with Gasteiger partial charge in [-0.15, -0.1) is 0 Å². The maximum atomic E-state index is 12.4. The van der Waals surface area contributed by atoms with Crippen LogP contribution in [0.25, 0.3) is 0 Å². The number of nitrogens with zero attached hydrogens (tertiary/aromatic N) is 1. The molecule has 1 unspecified atom stereocenters. The van der Waals surface area contributed by atoms with E-state index in [1.54, 1.807) is 7.05 Å². The molecule has 0 saturated heterocycles. The van der Waals surface area contributed by atoms with Crippen molar-refractivity contribution in [2.75, 3.05) is 26.7 Å². The Kier molecular flexibility index (Phi) is 6.83. The Hall–Kier alpha value is -0.290. The van der Waals surface area contributed by atoms with Gasteiger partial charge in [0.15, 0.2) is 0 Å². The molecule has 0 aliphatic rings. The van der Waals surface area contributed by atoms with Crippen LogP contribution < -0.4 is 5.32 Å². The molecule has 19 heavy (non-hydrogen) atoms. The van der Waals surface area contributed by atoms with Gasteiger partial charge < -0.3 is 5.32 Å². The van der Waals surface area contributed by atoms with E-state index in [1.807, 2.05) is 0 Å². The van der Waals surface area contributed by atoms with E-state index in [2.05, 4.69) is 39.9 Å². The molecule has 0 rings (SSSR count). The summed E-state index contributed by atoms with van der Waals surface area (Å²) >= 11 is 0. The lowest BCUT2D eigenvalue weighted by atomic mass is 9.84. The third-order valence-electron chi connectivity index (χ3n) is 3.00. The lowest BCUT2D eigenvalue weighted by Gasteiger charge is -2.37. The highest BCUT2D eigenvalue weighted by Gasteiger charge is 2.33. The topological polar surface area (TPSA) is 15.3 Å². The van der Waals surface area contributed by atoms with Crippen LogP contribution in [0, 0.1) is 5.41 Å². The Morgan fingerprint density at radius 1 is 1.00 bits per heavy atom. The molecule has 0 radical (unpaired) electrons. The molecular weight excluding hydrogens is 253 g/mol. The average molecular weight is 282 g/mol. The van der Waals surface area contributed by atoms with E-state index in [-0.39, 0.29) is 11.0 Å². The first-order chi connectivity index (χ1) is 8.37. The standard InChI is InChI=1S/C14H29F3N2/c1-7-8-13(5,9-18-12(2,3)4)10-19(6)11-14(15,16)17/h18H,7-11H2,1-6H3. The molecule has 0 aliphatic heterocycles. The SMILES string of the molecule is CCCC(C)(CNC(C)(C)C)CN(C)CC(F)(F)F. The number of nitrogens with one attached hydrogen (secondary N) is 1. The quantitative estimate of drug-likeness (QED) is 0.766. The Balaban J connectivity index is 4.52. The largest absolute Gasteiger partial charge is 0.401 e. The van der Waals surface area contributed by atoms with E-state index in [0.717, 1.165) is 19.4 Å². The number of hydrogen-bond donors (Lipinski definition) is 1. The van der Waals surface area contributed by atoms with Crippen molar-refractivity contribution in [1.82, 2.24) is 10.2 Å². The average Bonchev–Trinajstić information content (AvgIpc) is 2.10. The summed E-state index contributed by atoms with van der Waals surface area (Å²) in [6, 6.07) is 0. The molecular formula is C14H29F3N2. The van der Waals surface area contributed by atoms with Crippen molar-refractivity contribution in [3.63, 3.8) is 0 Å². The first-order valence-electron chi connectivity index (χ1n) is 6.87. The Morgan fingerprint density at radius 3 is 1.89 bits per heavy atom. The van der Waals surface area contributed by atoms with E-state index in [0.29, 0.717) is 6.54 Å². The zero-order valence-electron chi connectivity index (χ0n) is 13.1. The van der Waals surface area contributed by atoms with Gasteiger partial charge in [0, 0.05) is 18.6 Å². The summed E-state index contributed by atoms with van der Waals surface area (Å²) in [5.74, 6) is 0. The maximum Gasteiger partial charge on any atom is 0.401 e. The summed E-state index contributed by atoms with van der Waals surface area (Å²) in [4.78, 5) is 1.38. The highest BCUT2D eigenvalue weighted by molar-refractivity contribution is 4.84. The van der Waals surface area contributed by atoms with Crippen LogP contribution in [0.4, 0.5) is 13.2 Å². The fourth-order valence-corrected chi connectivity index (χ4v) is 2.32. The number of rotatable bonds is 7. The van der Waals surface area contributed by atoms with Crippen molar-refractivity contribution in [3.8, 4) is 0 Å². The Bertz CT molecular complexity index is 258. The molecule has 116 valence electrons. The number of alkyl halides is 3. The molecule has 0 fully saturated rings. The lowest BCUT2D eigenvalue weighted by molar-refractivity contribution is -0.145. The van der Waals surface area contributed by atoms with Gasteiger partial charge in [0.1, 0.15) is 0 Å². The molecule has 0 heterocycles. The van der Waals surface area contributed by atoms with Crippen LogP contribution in [0.3, 0.4) is 0 Å². The van der Waals surface area contributed by atoms with Gasteiger partial charge in [0.25, 0.3) is 0 Å². The molecule has 1 N–H and O–H groups in total. The van der Waals surface area contributed by atoms with Gasteiger partial charge in [-0.3, -0.25) is 4.90 Å². The van der Waals surface area contributed by atoms with Gasteiger partial charge in [-0.2, -0.15) is 13.2 Å². The van der Waals surface area contributed by atoms with Gasteiger partial charge in [0.2, 0.25) is 0 Å². The van der Waals surface area contributed by atoms with Crippen molar-refractivity contribution >= 4 is 0 Å². The monoisotopic (exact) mass is 282 g/mol. The van der Waals surface area contributed by atoms with E-state index in [1.165, 1.54) is 4.90 Å². The molecule has 0 aromatic heterocycles. The summed E-state index contributed by atoms with van der Waals surface area (Å²) in [5.41, 5.74) is -0.153. The molecule has 0 aliphatic carbocycles. The molecule has 0 aromatic rings. The van der Waals surface area contributed by atoms with Gasteiger partial charge in [-0.05, 0) is 39.7 Å². The van der Waals surface area contributed by atoms with Crippen LogP contribution in [0.5, 0.6) is 0 Å². The van der Waals surface area contributed by atoms with Crippen molar-refractivity contribution in [2.24, 2.45) is 5.41 Å². The smallest absolute Gasteiger partial charge is 0.311 e. The first-order valence-corrected chi connectivity index (χ1v) is 6.87. The molecule has 0 aromatic carbocycles. The molecule has 0 amide bonds. The van der Waals surface area contributed by atoms with Crippen LogP contribution >= 0.6 is 0 Å². The van der Waals surface area contributed by atoms with Crippen molar-refractivity contribution in [3.05, 3.63) is 0 Å². The van der Waals surface area contributed by atoms with Gasteiger partial charge in [-0.25, -0.2) is 0 Å². The third-order valence-corrected chi connectivity index (χ3v) is 3.00. The Labute approximate surface area is 115 Å². The minimum atomic E-state index is -4.13. The maximum absolute atomic E-state index is 12.4. The summed E-state index contributed by atoms with van der Waals surface area (Å²) in [6.45, 7) is 10.7. The van der Waals surface area contributed by atoms with E-state index >= 15 is 0 Å². The van der Waals surface area contributed by atoms with Crippen molar-refractivity contribution in [1.29, 1.82) is 0 Å². The highest BCUT2D eigenvalue weighted by Crippen LogP contribution is 2.26. The second kappa shape index (κ2) is 6.93. The minimum Gasteiger partial charge on any atom is -0.311 e. The van der Waals surface area contributed by atoms with Crippen LogP contribution in [0.1, 0.15) is 47.5 Å². The molecule has 0 spiro atoms. The third kappa shape index (κ3) is 10.2. The fourth-order valence-electron chi connectivity index (χ4n) is 2.32. The van der Waals surface area contributed by atoms with E-state index in [4.69, 9.17) is 0 Å². The van der Waals surface area contributed by atoms with Crippen LogP contribution in [0.2, 0.25) is 0 Å². The summed E-state index contributed by atoms with van der Waals surface area (Å²) in [7, 11) is 1.54. The van der Waals surface area contributed by atoms with Gasteiger partial charge in [0.05, 0.1) is 6.54 Å². The van der Waals surface area contributed by atoms with Crippen molar-refractivity contribution < 1.29 is 13.2 Å². The zero-order chi connectivity index (χ0) is 15.3. The Morgan fingerprint density at radius 2 is 1.53 bits per heavy atom. The van der Waals surface area contributed by atoms with Gasteiger partial charge in [-0.1, -0.05) is 20.3 Å². The molecule has 0 bridgehead atoms. The fraction of sp³-hybridized carbons (Fsp3) is 1.00. The predicted octanol–water partition coefficient (Wildman–Crippen LogP) is 3.68. The first kappa shape index (κ1) is 18.7. The van der Waals surface area contributed by atoms with Crippen LogP contribution in [0.15, 0.2) is 0 Å². The highest BCUT2D eigenvalue weighted by atomic mass is 19.4. The van der Waals surface area contributed by atoms with Crippen LogP contribution in [-0.2, 0) is 0 Å². The lowest BCUT2D eigenvalue weighted by Crippen LogP contribution is -2.48. The normalized spacial score (nSPS) is 16.7. The van der Waals surface area contributed by atoms with E-state index in [9.17, 15) is 13.2 Å². The minimum absolute atomic E-state index is 0.0163. The second-order valence-electron chi connectivity index (χ2n) is 6.95. The van der Waals surface area contributed by atoms with E-state index < -0.39 is 12.7 Å². The zero-order valence-corrected chi connectivity index (χ0v) is 13.1. The predicted molar refractivity (Wildman–Crippen MR) is 74.3 cm³/mol. The summed E-state index contributed by atoms with van der Waals surface area (Å²) in [6.07, 6.45) is -2.24. The molecule has 5 heteroatoms. The molecule has 1 atom stereocenters. The van der Waals surface area contributed by atoms with Gasteiger partial charge >= 0.3 is 6.18 Å². The number of hydrogen-bond acceptors (Lipinski definition) is 2. The molecule has 2 nitrogen and oxygen atoms in total. The van der Waals surface area contributed by atoms with Crippen LogP contribution in [-0.4, -0.2) is 43.3 Å². The van der Waals surface area contributed by atoms with Crippen molar-refractivity contribution in [2.45, 2.75) is 59.2 Å².